The third-order valence-electron chi connectivity index (χ3n) is 2.93. The molecule has 0 aliphatic heterocycles. The van der Waals surface area contributed by atoms with Crippen molar-refractivity contribution >= 4 is 0 Å². The van der Waals surface area contributed by atoms with Crippen LogP contribution in [0.5, 0.6) is 0 Å². The second-order valence-corrected chi connectivity index (χ2v) is 4.61. The minimum absolute atomic E-state index is 0.841. The summed E-state index contributed by atoms with van der Waals surface area (Å²) in [6, 6.07) is 0. The molecule has 20 heavy (non-hydrogen) atoms. The average Bonchev–Trinajstić information content (AvgIpc) is 3.14. The van der Waals surface area contributed by atoms with Gasteiger partial charge in [-0.05, 0) is 19.5 Å². The van der Waals surface area contributed by atoms with E-state index in [-0.39, 0.29) is 0 Å². The summed E-state index contributed by atoms with van der Waals surface area (Å²) in [5, 5.41) is 10.1. The van der Waals surface area contributed by atoms with E-state index < -0.39 is 0 Å². The smallest absolute Gasteiger partial charge is 0.0922 e. The van der Waals surface area contributed by atoms with Gasteiger partial charge in [0.1, 0.15) is 0 Å². The van der Waals surface area contributed by atoms with Crippen LogP contribution >= 0.6 is 0 Å². The summed E-state index contributed by atoms with van der Waals surface area (Å²) in [6.07, 6.45) is 8.21. The Hall–Kier alpha value is -1.70. The van der Waals surface area contributed by atoms with Crippen molar-refractivity contribution in [2.75, 3.05) is 26.2 Å². The second kappa shape index (κ2) is 9.24. The maximum Gasteiger partial charge on any atom is 0.0922 e. The van der Waals surface area contributed by atoms with Crippen molar-refractivity contribution in [1.82, 2.24) is 35.9 Å². The lowest BCUT2D eigenvalue weighted by Crippen LogP contribution is -2.29. The molecule has 0 bridgehead atoms. The quantitative estimate of drug-likeness (QED) is 0.373. The molecule has 0 atom stereocenters. The van der Waals surface area contributed by atoms with Crippen LogP contribution in [0.3, 0.4) is 0 Å². The van der Waals surface area contributed by atoms with Crippen LogP contribution < -0.4 is 16.0 Å². The summed E-state index contributed by atoms with van der Waals surface area (Å²) in [6.45, 7) is 5.67. The van der Waals surface area contributed by atoms with Gasteiger partial charge in [0.25, 0.3) is 0 Å². The molecule has 0 fully saturated rings. The Morgan fingerprint density at radius 3 is 1.90 bits per heavy atom. The number of H-pyrrole nitrogens is 2. The summed E-state index contributed by atoms with van der Waals surface area (Å²) in [5.41, 5.74) is 2.24. The largest absolute Gasteiger partial charge is 0.347 e. The highest BCUT2D eigenvalue weighted by Gasteiger charge is 1.94. The molecule has 2 aromatic rings. The van der Waals surface area contributed by atoms with E-state index in [4.69, 9.17) is 0 Å². The molecule has 110 valence electrons. The number of hydrogen-bond donors (Lipinski definition) is 5. The van der Waals surface area contributed by atoms with Crippen LogP contribution in [0.2, 0.25) is 0 Å². The van der Waals surface area contributed by atoms with Gasteiger partial charge in [-0.15, -0.1) is 0 Å². The molecule has 7 heteroatoms. The SMILES string of the molecule is c1ncc(CNCCCNCCNCc2cnc[nH]2)[nH]1. The highest BCUT2D eigenvalue weighted by atomic mass is 15.0. The van der Waals surface area contributed by atoms with Crippen molar-refractivity contribution in [3.05, 3.63) is 36.4 Å². The number of imidazole rings is 2. The molecule has 2 heterocycles. The normalized spacial score (nSPS) is 11.0. The topological polar surface area (TPSA) is 93.4 Å². The minimum Gasteiger partial charge on any atom is -0.347 e. The number of hydrogen-bond acceptors (Lipinski definition) is 5. The molecule has 0 aromatic carbocycles. The first-order valence-electron chi connectivity index (χ1n) is 7.02. The molecule has 0 saturated carbocycles. The molecule has 0 aliphatic rings. The predicted octanol–water partition coefficient (Wildman–Crippen LogP) is -0.00810. The Labute approximate surface area is 119 Å². The van der Waals surface area contributed by atoms with Crippen molar-refractivity contribution in [2.45, 2.75) is 19.5 Å². The second-order valence-electron chi connectivity index (χ2n) is 4.61. The number of nitrogens with zero attached hydrogens (tertiary/aromatic N) is 2. The number of rotatable bonds is 11. The van der Waals surface area contributed by atoms with Crippen LogP contribution in [0, 0.1) is 0 Å². The average molecular weight is 277 g/mol. The molecular formula is C13H23N7. The zero-order valence-electron chi connectivity index (χ0n) is 11.7. The Morgan fingerprint density at radius 2 is 1.30 bits per heavy atom. The molecular weight excluding hydrogens is 254 g/mol. The van der Waals surface area contributed by atoms with Crippen LogP contribution in [0.1, 0.15) is 17.8 Å². The maximum atomic E-state index is 3.98. The summed E-state index contributed by atoms with van der Waals surface area (Å²) in [4.78, 5) is 14.1. The first kappa shape index (κ1) is 14.7. The fourth-order valence-electron chi connectivity index (χ4n) is 1.85. The number of aromatic nitrogens is 4. The standard InChI is InChI=1S/C13H23N7/c1(3-15-6-12-8-17-10-19-12)2-14-4-5-16-7-13-9-18-11-20-13/h8-11,14-16H,1-7H2,(H,17,19)(H,18,20). The van der Waals surface area contributed by atoms with Gasteiger partial charge in [-0.1, -0.05) is 0 Å². The maximum absolute atomic E-state index is 3.98. The molecule has 0 unspecified atom stereocenters. The highest BCUT2D eigenvalue weighted by molar-refractivity contribution is 4.93. The number of nitrogens with one attached hydrogen (secondary N) is 5. The fraction of sp³-hybridized carbons (Fsp3) is 0.538. The van der Waals surface area contributed by atoms with Crippen molar-refractivity contribution in [1.29, 1.82) is 0 Å². The van der Waals surface area contributed by atoms with E-state index in [1.807, 2.05) is 12.4 Å². The Bertz CT molecular complexity index is 381. The monoisotopic (exact) mass is 277 g/mol. The van der Waals surface area contributed by atoms with E-state index in [1.165, 1.54) is 0 Å². The van der Waals surface area contributed by atoms with E-state index in [2.05, 4.69) is 35.9 Å². The molecule has 2 rings (SSSR count). The lowest BCUT2D eigenvalue weighted by molar-refractivity contribution is 0.569. The first-order chi connectivity index (χ1) is 9.95. The minimum atomic E-state index is 0.841. The third kappa shape index (κ3) is 5.96. The lowest BCUT2D eigenvalue weighted by Gasteiger charge is -2.06. The van der Waals surface area contributed by atoms with Gasteiger partial charge in [0.15, 0.2) is 0 Å². The van der Waals surface area contributed by atoms with Crippen molar-refractivity contribution in [3.8, 4) is 0 Å². The van der Waals surface area contributed by atoms with Crippen molar-refractivity contribution in [2.24, 2.45) is 0 Å². The van der Waals surface area contributed by atoms with Gasteiger partial charge in [0.05, 0.1) is 12.7 Å². The summed E-state index contributed by atoms with van der Waals surface area (Å²) >= 11 is 0. The Kier molecular flexibility index (Phi) is 6.80. The van der Waals surface area contributed by atoms with Crippen LogP contribution in [-0.2, 0) is 13.1 Å². The first-order valence-corrected chi connectivity index (χ1v) is 7.02. The summed E-state index contributed by atoms with van der Waals surface area (Å²) in [7, 11) is 0. The molecule has 5 N–H and O–H groups in total. The Balaban J connectivity index is 1.33. The molecule has 0 radical (unpaired) electrons. The summed E-state index contributed by atoms with van der Waals surface area (Å²) in [5.74, 6) is 0. The third-order valence-corrected chi connectivity index (χ3v) is 2.93. The van der Waals surface area contributed by atoms with Crippen LogP contribution in [-0.4, -0.2) is 46.1 Å². The van der Waals surface area contributed by atoms with Crippen LogP contribution in [0.15, 0.2) is 25.0 Å². The fourth-order valence-corrected chi connectivity index (χ4v) is 1.85. The number of aromatic amines is 2. The zero-order chi connectivity index (χ0) is 13.9. The van der Waals surface area contributed by atoms with E-state index in [0.717, 1.165) is 57.1 Å². The van der Waals surface area contributed by atoms with E-state index in [1.54, 1.807) is 12.7 Å². The zero-order valence-corrected chi connectivity index (χ0v) is 11.7. The highest BCUT2D eigenvalue weighted by Crippen LogP contribution is 1.89. The van der Waals surface area contributed by atoms with E-state index in [0.29, 0.717) is 0 Å². The molecule has 0 aliphatic carbocycles. The van der Waals surface area contributed by atoms with Gasteiger partial charge in [0, 0.05) is 50.0 Å². The van der Waals surface area contributed by atoms with Gasteiger partial charge in [-0.2, -0.15) is 0 Å². The van der Waals surface area contributed by atoms with Gasteiger partial charge < -0.3 is 25.9 Å². The van der Waals surface area contributed by atoms with E-state index >= 15 is 0 Å². The van der Waals surface area contributed by atoms with Gasteiger partial charge >= 0.3 is 0 Å². The molecule has 7 nitrogen and oxygen atoms in total. The Morgan fingerprint density at radius 1 is 0.750 bits per heavy atom. The predicted molar refractivity (Wildman–Crippen MR) is 78.1 cm³/mol. The van der Waals surface area contributed by atoms with Gasteiger partial charge in [-0.25, -0.2) is 9.97 Å². The molecule has 2 aromatic heterocycles. The van der Waals surface area contributed by atoms with Crippen LogP contribution in [0.4, 0.5) is 0 Å². The molecule has 0 amide bonds. The van der Waals surface area contributed by atoms with E-state index in [9.17, 15) is 0 Å². The van der Waals surface area contributed by atoms with Gasteiger partial charge in [0.2, 0.25) is 0 Å². The van der Waals surface area contributed by atoms with Crippen molar-refractivity contribution < 1.29 is 0 Å². The summed E-state index contributed by atoms with van der Waals surface area (Å²) < 4.78 is 0. The van der Waals surface area contributed by atoms with Crippen LogP contribution in [0.25, 0.3) is 0 Å². The molecule has 0 spiro atoms. The lowest BCUT2D eigenvalue weighted by atomic mass is 10.4. The van der Waals surface area contributed by atoms with Gasteiger partial charge in [-0.3, -0.25) is 0 Å². The van der Waals surface area contributed by atoms with Crippen molar-refractivity contribution in [3.63, 3.8) is 0 Å². The molecule has 0 saturated heterocycles.